The lowest BCUT2D eigenvalue weighted by molar-refractivity contribution is 0.340. The fraction of sp³-hybridized carbons (Fsp3) is 0.333. The summed E-state index contributed by atoms with van der Waals surface area (Å²) in [5.74, 6) is 1.67. The molecule has 0 saturated carbocycles. The fourth-order valence-electron chi connectivity index (χ4n) is 1.91. The number of nitrogens with two attached hydrogens (primary N) is 1. The zero-order valence-electron chi connectivity index (χ0n) is 11.4. The molecule has 2 N–H and O–H groups in total. The van der Waals surface area contributed by atoms with Crippen molar-refractivity contribution < 1.29 is 4.74 Å². The van der Waals surface area contributed by atoms with Crippen molar-refractivity contribution in [2.75, 3.05) is 13.2 Å². The Labute approximate surface area is 113 Å². The average Bonchev–Trinajstić information content (AvgIpc) is 2.40. The van der Waals surface area contributed by atoms with Gasteiger partial charge in [-0.15, -0.1) is 0 Å². The van der Waals surface area contributed by atoms with Gasteiger partial charge in [0, 0.05) is 17.7 Å². The second-order valence-corrected chi connectivity index (χ2v) is 4.31. The Balaban J connectivity index is 2.29. The van der Waals surface area contributed by atoms with Gasteiger partial charge in [0.25, 0.3) is 0 Å². The average molecular weight is 257 g/mol. The lowest BCUT2D eigenvalue weighted by Crippen LogP contribution is -2.07. The van der Waals surface area contributed by atoms with Crippen LogP contribution in [0.15, 0.2) is 30.3 Å². The van der Waals surface area contributed by atoms with E-state index in [0.717, 1.165) is 28.5 Å². The topological polar surface area (TPSA) is 61.0 Å². The molecule has 0 aliphatic carbocycles. The van der Waals surface area contributed by atoms with Crippen molar-refractivity contribution in [1.82, 2.24) is 9.97 Å². The molecule has 1 heterocycles. The van der Waals surface area contributed by atoms with Crippen LogP contribution in [0.25, 0.3) is 11.3 Å². The number of aromatic nitrogens is 2. The largest absolute Gasteiger partial charge is 0.494 e. The summed E-state index contributed by atoms with van der Waals surface area (Å²) in [6.45, 7) is 5.18. The minimum absolute atomic E-state index is 0.562. The summed E-state index contributed by atoms with van der Waals surface area (Å²) in [5, 5.41) is 0. The van der Waals surface area contributed by atoms with Gasteiger partial charge in [0.1, 0.15) is 11.6 Å². The molecule has 2 aromatic rings. The first-order valence-electron chi connectivity index (χ1n) is 6.50. The third-order valence-electron chi connectivity index (χ3n) is 2.73. The van der Waals surface area contributed by atoms with Crippen LogP contribution < -0.4 is 10.5 Å². The molecule has 2 rings (SSSR count). The summed E-state index contributed by atoms with van der Waals surface area (Å²) in [6.07, 6.45) is 0.700. The van der Waals surface area contributed by atoms with E-state index in [1.165, 1.54) is 0 Å². The fourth-order valence-corrected chi connectivity index (χ4v) is 1.91. The summed E-state index contributed by atoms with van der Waals surface area (Å²) in [6, 6.07) is 9.92. The second-order valence-electron chi connectivity index (χ2n) is 4.31. The maximum absolute atomic E-state index is 5.56. The van der Waals surface area contributed by atoms with Gasteiger partial charge in [0.2, 0.25) is 0 Å². The van der Waals surface area contributed by atoms with Gasteiger partial charge in [-0.05, 0) is 50.7 Å². The van der Waals surface area contributed by atoms with Gasteiger partial charge in [-0.25, -0.2) is 9.97 Å². The van der Waals surface area contributed by atoms with Gasteiger partial charge < -0.3 is 10.5 Å². The maximum atomic E-state index is 5.56. The molecule has 0 radical (unpaired) electrons. The van der Waals surface area contributed by atoms with E-state index in [-0.39, 0.29) is 0 Å². The molecule has 0 bridgehead atoms. The monoisotopic (exact) mass is 257 g/mol. The Morgan fingerprint density at radius 2 is 1.89 bits per heavy atom. The summed E-state index contributed by atoms with van der Waals surface area (Å²) >= 11 is 0. The Morgan fingerprint density at radius 1 is 1.16 bits per heavy atom. The number of benzene rings is 1. The molecule has 0 saturated heterocycles. The molecule has 19 heavy (non-hydrogen) atoms. The minimum atomic E-state index is 0.562. The Morgan fingerprint density at radius 3 is 2.53 bits per heavy atom. The minimum Gasteiger partial charge on any atom is -0.494 e. The smallest absolute Gasteiger partial charge is 0.130 e. The summed E-state index contributed by atoms with van der Waals surface area (Å²) in [4.78, 5) is 8.92. The lowest BCUT2D eigenvalue weighted by Gasteiger charge is -2.07. The molecule has 100 valence electrons. The van der Waals surface area contributed by atoms with Crippen LogP contribution in [-0.4, -0.2) is 23.1 Å². The zero-order valence-corrected chi connectivity index (χ0v) is 11.4. The molecular weight excluding hydrogens is 238 g/mol. The van der Waals surface area contributed by atoms with E-state index in [0.29, 0.717) is 19.6 Å². The van der Waals surface area contributed by atoms with E-state index in [2.05, 4.69) is 9.97 Å². The van der Waals surface area contributed by atoms with Gasteiger partial charge in [0.15, 0.2) is 0 Å². The third-order valence-corrected chi connectivity index (χ3v) is 2.73. The van der Waals surface area contributed by atoms with Crippen LogP contribution in [0.4, 0.5) is 0 Å². The molecule has 4 heteroatoms. The number of rotatable bonds is 5. The molecule has 1 aromatic heterocycles. The quantitative estimate of drug-likeness (QED) is 0.893. The van der Waals surface area contributed by atoms with Crippen LogP contribution in [0.5, 0.6) is 5.75 Å². The highest BCUT2D eigenvalue weighted by Gasteiger charge is 2.04. The number of hydrogen-bond acceptors (Lipinski definition) is 4. The van der Waals surface area contributed by atoms with Crippen molar-refractivity contribution in [1.29, 1.82) is 0 Å². The van der Waals surface area contributed by atoms with Crippen molar-refractivity contribution in [2.45, 2.75) is 20.3 Å². The molecule has 0 aliphatic heterocycles. The number of aryl methyl sites for hydroxylation is 1. The van der Waals surface area contributed by atoms with E-state index in [1.807, 2.05) is 44.2 Å². The highest BCUT2D eigenvalue weighted by atomic mass is 16.5. The normalized spacial score (nSPS) is 10.5. The molecule has 0 fully saturated rings. The van der Waals surface area contributed by atoms with Gasteiger partial charge in [-0.2, -0.15) is 0 Å². The van der Waals surface area contributed by atoms with Gasteiger partial charge in [-0.1, -0.05) is 0 Å². The number of ether oxygens (including phenoxy) is 1. The van der Waals surface area contributed by atoms with Crippen LogP contribution in [-0.2, 0) is 6.42 Å². The standard InChI is InChI=1S/C15H19N3O/c1-3-19-13-6-4-12(5-7-13)14-10-11(2)17-15(18-14)8-9-16/h4-7,10H,3,8-9,16H2,1-2H3. The predicted octanol–water partition coefficient (Wildman–Crippen LogP) is 2.35. The van der Waals surface area contributed by atoms with E-state index < -0.39 is 0 Å². The second kappa shape index (κ2) is 6.29. The van der Waals surface area contributed by atoms with Gasteiger partial charge in [0.05, 0.1) is 12.3 Å². The first kappa shape index (κ1) is 13.5. The summed E-state index contributed by atoms with van der Waals surface area (Å²) in [7, 11) is 0. The molecule has 0 unspecified atom stereocenters. The van der Waals surface area contributed by atoms with Crippen LogP contribution in [0, 0.1) is 6.92 Å². The molecule has 0 atom stereocenters. The van der Waals surface area contributed by atoms with Crippen LogP contribution in [0.1, 0.15) is 18.4 Å². The van der Waals surface area contributed by atoms with Crippen LogP contribution in [0.2, 0.25) is 0 Å². The highest BCUT2D eigenvalue weighted by molar-refractivity contribution is 5.60. The van der Waals surface area contributed by atoms with Gasteiger partial charge >= 0.3 is 0 Å². The Kier molecular flexibility index (Phi) is 4.47. The van der Waals surface area contributed by atoms with Crippen molar-refractivity contribution in [3.8, 4) is 17.0 Å². The highest BCUT2D eigenvalue weighted by Crippen LogP contribution is 2.21. The maximum Gasteiger partial charge on any atom is 0.130 e. The van der Waals surface area contributed by atoms with E-state index in [9.17, 15) is 0 Å². The first-order chi connectivity index (χ1) is 9.22. The molecule has 4 nitrogen and oxygen atoms in total. The molecule has 0 spiro atoms. The zero-order chi connectivity index (χ0) is 13.7. The van der Waals surface area contributed by atoms with Gasteiger partial charge in [-0.3, -0.25) is 0 Å². The predicted molar refractivity (Wildman–Crippen MR) is 76.1 cm³/mol. The summed E-state index contributed by atoms with van der Waals surface area (Å²) in [5.41, 5.74) is 8.51. The van der Waals surface area contributed by atoms with Crippen molar-refractivity contribution in [2.24, 2.45) is 5.73 Å². The SMILES string of the molecule is CCOc1ccc(-c2cc(C)nc(CCN)n2)cc1. The molecular formula is C15H19N3O. The Bertz CT molecular complexity index is 538. The van der Waals surface area contributed by atoms with E-state index >= 15 is 0 Å². The van der Waals surface area contributed by atoms with E-state index in [4.69, 9.17) is 10.5 Å². The van der Waals surface area contributed by atoms with Crippen LogP contribution >= 0.6 is 0 Å². The van der Waals surface area contributed by atoms with Crippen molar-refractivity contribution in [3.63, 3.8) is 0 Å². The number of nitrogens with zero attached hydrogens (tertiary/aromatic N) is 2. The third kappa shape index (κ3) is 3.51. The van der Waals surface area contributed by atoms with Crippen molar-refractivity contribution in [3.05, 3.63) is 41.9 Å². The lowest BCUT2D eigenvalue weighted by atomic mass is 10.1. The number of hydrogen-bond donors (Lipinski definition) is 1. The molecule has 0 amide bonds. The summed E-state index contributed by atoms with van der Waals surface area (Å²) < 4.78 is 5.43. The first-order valence-corrected chi connectivity index (χ1v) is 6.50. The van der Waals surface area contributed by atoms with E-state index in [1.54, 1.807) is 0 Å². The Hall–Kier alpha value is -1.94. The molecule has 0 aliphatic rings. The van der Waals surface area contributed by atoms with Crippen molar-refractivity contribution >= 4 is 0 Å². The van der Waals surface area contributed by atoms with Crippen LogP contribution in [0.3, 0.4) is 0 Å². The molecule has 1 aromatic carbocycles.